The highest BCUT2D eigenvalue weighted by molar-refractivity contribution is 7.99. The molecule has 0 aromatic heterocycles. The van der Waals surface area contributed by atoms with E-state index in [9.17, 15) is 9.59 Å². The Morgan fingerprint density at radius 2 is 1.77 bits per heavy atom. The second-order valence-electron chi connectivity index (χ2n) is 7.44. The molecule has 1 atom stereocenters. The summed E-state index contributed by atoms with van der Waals surface area (Å²) < 4.78 is 5.31. The number of nitrogens with one attached hydrogen (secondary N) is 1. The summed E-state index contributed by atoms with van der Waals surface area (Å²) in [5, 5.41) is 2.96. The predicted octanol–water partition coefficient (Wildman–Crippen LogP) is 4.26. The summed E-state index contributed by atoms with van der Waals surface area (Å²) in [6.07, 6.45) is 0.553. The minimum absolute atomic E-state index is 0.0211. The standard InChI is InChI=1S/C24H32N2O3S/c1-5-22(24(28)25-18(2)3)26(15-20-12-9-13-21(14-20)29-4)23(27)17-30-16-19-10-7-6-8-11-19/h6-14,18,22H,5,15-17H2,1-4H3,(H,25,28). The first kappa shape index (κ1) is 23.8. The second-order valence-corrected chi connectivity index (χ2v) is 8.42. The summed E-state index contributed by atoms with van der Waals surface area (Å²) in [6, 6.07) is 17.2. The quantitative estimate of drug-likeness (QED) is 0.581. The van der Waals surface area contributed by atoms with Crippen molar-refractivity contribution in [1.82, 2.24) is 10.2 Å². The van der Waals surface area contributed by atoms with Crippen LogP contribution in [0.15, 0.2) is 54.6 Å². The number of rotatable bonds is 11. The van der Waals surface area contributed by atoms with Gasteiger partial charge in [0.15, 0.2) is 0 Å². The molecule has 30 heavy (non-hydrogen) atoms. The molecular weight excluding hydrogens is 396 g/mol. The lowest BCUT2D eigenvalue weighted by molar-refractivity contribution is -0.139. The molecule has 2 rings (SSSR count). The van der Waals surface area contributed by atoms with Gasteiger partial charge in [0.2, 0.25) is 11.8 Å². The van der Waals surface area contributed by atoms with Gasteiger partial charge in [-0.15, -0.1) is 11.8 Å². The molecule has 0 bridgehead atoms. The van der Waals surface area contributed by atoms with Crippen LogP contribution in [0.5, 0.6) is 5.75 Å². The van der Waals surface area contributed by atoms with E-state index in [1.807, 2.05) is 63.2 Å². The highest BCUT2D eigenvalue weighted by Gasteiger charge is 2.28. The first-order chi connectivity index (χ1) is 14.4. The molecule has 0 aliphatic heterocycles. The van der Waals surface area contributed by atoms with Gasteiger partial charge in [0.1, 0.15) is 11.8 Å². The van der Waals surface area contributed by atoms with Gasteiger partial charge >= 0.3 is 0 Å². The zero-order valence-corrected chi connectivity index (χ0v) is 19.1. The molecule has 0 spiro atoms. The lowest BCUT2D eigenvalue weighted by atomic mass is 10.1. The minimum Gasteiger partial charge on any atom is -0.497 e. The molecule has 6 heteroatoms. The van der Waals surface area contributed by atoms with Crippen LogP contribution in [0, 0.1) is 0 Å². The highest BCUT2D eigenvalue weighted by atomic mass is 32.2. The molecule has 0 saturated heterocycles. The van der Waals surface area contributed by atoms with Gasteiger partial charge in [0.25, 0.3) is 0 Å². The fourth-order valence-electron chi connectivity index (χ4n) is 3.18. The number of thioether (sulfide) groups is 1. The summed E-state index contributed by atoms with van der Waals surface area (Å²) in [4.78, 5) is 27.7. The Bertz CT molecular complexity index is 811. The van der Waals surface area contributed by atoms with Gasteiger partial charge in [0, 0.05) is 18.3 Å². The van der Waals surface area contributed by atoms with Gasteiger partial charge in [-0.3, -0.25) is 9.59 Å². The highest BCUT2D eigenvalue weighted by Crippen LogP contribution is 2.19. The second kappa shape index (κ2) is 12.3. The van der Waals surface area contributed by atoms with E-state index in [1.165, 1.54) is 5.56 Å². The third-order valence-electron chi connectivity index (χ3n) is 4.64. The molecule has 5 nitrogen and oxygen atoms in total. The Morgan fingerprint density at radius 1 is 1.07 bits per heavy atom. The summed E-state index contributed by atoms with van der Waals surface area (Å²) in [7, 11) is 1.62. The van der Waals surface area contributed by atoms with Crippen LogP contribution < -0.4 is 10.1 Å². The fraction of sp³-hybridized carbons (Fsp3) is 0.417. The molecule has 1 unspecified atom stereocenters. The number of hydrogen-bond donors (Lipinski definition) is 1. The SMILES string of the molecule is CCC(C(=O)NC(C)C)N(Cc1cccc(OC)c1)C(=O)CSCc1ccccc1. The van der Waals surface area contributed by atoms with Crippen molar-refractivity contribution in [3.05, 3.63) is 65.7 Å². The largest absolute Gasteiger partial charge is 0.497 e. The van der Waals surface area contributed by atoms with Crippen LogP contribution in [0.3, 0.4) is 0 Å². The van der Waals surface area contributed by atoms with E-state index in [0.717, 1.165) is 17.1 Å². The molecule has 2 amide bonds. The number of carbonyl (C=O) groups is 2. The van der Waals surface area contributed by atoms with Crippen LogP contribution in [0.4, 0.5) is 0 Å². The normalized spacial score (nSPS) is 11.8. The lowest BCUT2D eigenvalue weighted by Crippen LogP contribution is -2.50. The van der Waals surface area contributed by atoms with Crippen molar-refractivity contribution in [3.8, 4) is 5.75 Å². The monoisotopic (exact) mass is 428 g/mol. The maximum atomic E-state index is 13.2. The Kier molecular flexibility index (Phi) is 9.74. The topological polar surface area (TPSA) is 58.6 Å². The molecule has 0 aliphatic carbocycles. The van der Waals surface area contributed by atoms with Crippen molar-refractivity contribution in [2.24, 2.45) is 0 Å². The van der Waals surface area contributed by atoms with E-state index in [1.54, 1.807) is 23.8 Å². The smallest absolute Gasteiger partial charge is 0.243 e. The molecule has 2 aromatic carbocycles. The van der Waals surface area contributed by atoms with Crippen LogP contribution in [0.2, 0.25) is 0 Å². The number of ether oxygens (including phenoxy) is 1. The number of hydrogen-bond acceptors (Lipinski definition) is 4. The first-order valence-corrected chi connectivity index (χ1v) is 11.4. The van der Waals surface area contributed by atoms with Crippen LogP contribution >= 0.6 is 11.8 Å². The summed E-state index contributed by atoms with van der Waals surface area (Å²) in [5.41, 5.74) is 2.12. The maximum Gasteiger partial charge on any atom is 0.243 e. The van der Waals surface area contributed by atoms with Crippen molar-refractivity contribution in [2.45, 2.75) is 51.6 Å². The van der Waals surface area contributed by atoms with Crippen molar-refractivity contribution in [3.63, 3.8) is 0 Å². The van der Waals surface area contributed by atoms with Gasteiger partial charge in [0.05, 0.1) is 12.9 Å². The van der Waals surface area contributed by atoms with Crippen LogP contribution in [0.1, 0.15) is 38.3 Å². The predicted molar refractivity (Wildman–Crippen MR) is 124 cm³/mol. The van der Waals surface area contributed by atoms with E-state index >= 15 is 0 Å². The van der Waals surface area contributed by atoms with Crippen molar-refractivity contribution < 1.29 is 14.3 Å². The van der Waals surface area contributed by atoms with Gasteiger partial charge in [-0.25, -0.2) is 0 Å². The van der Waals surface area contributed by atoms with Crippen LogP contribution in [-0.4, -0.2) is 41.7 Å². The van der Waals surface area contributed by atoms with Crippen molar-refractivity contribution in [2.75, 3.05) is 12.9 Å². The summed E-state index contributed by atoms with van der Waals surface area (Å²) >= 11 is 1.57. The summed E-state index contributed by atoms with van der Waals surface area (Å²) in [6.45, 7) is 6.16. The van der Waals surface area contributed by atoms with Crippen LogP contribution in [-0.2, 0) is 21.9 Å². The molecule has 0 aliphatic rings. The molecule has 162 valence electrons. The number of nitrogens with zero attached hydrogens (tertiary/aromatic N) is 1. The average Bonchev–Trinajstić information content (AvgIpc) is 2.74. The van der Waals surface area contributed by atoms with E-state index in [-0.39, 0.29) is 17.9 Å². The zero-order chi connectivity index (χ0) is 21.9. The number of methoxy groups -OCH3 is 1. The minimum atomic E-state index is -0.511. The van der Waals surface area contributed by atoms with Crippen molar-refractivity contribution >= 4 is 23.6 Å². The Balaban J connectivity index is 2.15. The van der Waals surface area contributed by atoms with Crippen LogP contribution in [0.25, 0.3) is 0 Å². The Hall–Kier alpha value is -2.47. The maximum absolute atomic E-state index is 13.2. The van der Waals surface area contributed by atoms with E-state index in [4.69, 9.17) is 4.74 Å². The molecule has 2 aromatic rings. The molecule has 0 heterocycles. The number of amides is 2. The fourth-order valence-corrected chi connectivity index (χ4v) is 4.05. The Labute approximate surface area is 184 Å². The third-order valence-corrected chi connectivity index (χ3v) is 5.63. The average molecular weight is 429 g/mol. The molecular formula is C24H32N2O3S. The molecule has 0 radical (unpaired) electrons. The zero-order valence-electron chi connectivity index (χ0n) is 18.3. The molecule has 0 fully saturated rings. The van der Waals surface area contributed by atoms with Gasteiger partial charge in [-0.2, -0.15) is 0 Å². The van der Waals surface area contributed by atoms with E-state index in [0.29, 0.717) is 18.7 Å². The van der Waals surface area contributed by atoms with Gasteiger partial charge < -0.3 is 15.0 Å². The third kappa shape index (κ3) is 7.41. The lowest BCUT2D eigenvalue weighted by Gasteiger charge is -2.31. The Morgan fingerprint density at radius 3 is 2.40 bits per heavy atom. The van der Waals surface area contributed by atoms with E-state index in [2.05, 4.69) is 17.4 Å². The summed E-state index contributed by atoms with van der Waals surface area (Å²) in [5.74, 6) is 1.66. The molecule has 1 N–H and O–H groups in total. The van der Waals surface area contributed by atoms with Crippen molar-refractivity contribution in [1.29, 1.82) is 0 Å². The van der Waals surface area contributed by atoms with Gasteiger partial charge in [-0.05, 0) is 43.5 Å². The molecule has 0 saturated carbocycles. The van der Waals surface area contributed by atoms with E-state index < -0.39 is 6.04 Å². The number of carbonyl (C=O) groups excluding carboxylic acids is 2. The number of benzene rings is 2. The first-order valence-electron chi connectivity index (χ1n) is 10.3. The van der Waals surface area contributed by atoms with Gasteiger partial charge in [-0.1, -0.05) is 49.4 Å².